The zero-order valence-electron chi connectivity index (χ0n) is 13.9. The highest BCUT2D eigenvalue weighted by atomic mass is 16.5. The fraction of sp³-hybridized carbons (Fsp3) is 0.368. The molecule has 0 spiro atoms. The predicted molar refractivity (Wildman–Crippen MR) is 90.4 cm³/mol. The number of ether oxygens (including phenoxy) is 2. The second-order valence-corrected chi connectivity index (χ2v) is 6.02. The minimum Gasteiger partial charge on any atom is -0.504 e. The average molecular weight is 313 g/mol. The quantitative estimate of drug-likeness (QED) is 0.941. The van der Waals surface area contributed by atoms with E-state index in [1.54, 1.807) is 20.3 Å². The Balaban J connectivity index is 1.89. The van der Waals surface area contributed by atoms with Gasteiger partial charge in [-0.05, 0) is 60.8 Å². The first-order valence-corrected chi connectivity index (χ1v) is 7.85. The SMILES string of the molecule is COc1ccc2c(c1)CCN(C)C2Cc1ccc(OC)c(O)c1. The second-order valence-electron chi connectivity index (χ2n) is 6.02. The summed E-state index contributed by atoms with van der Waals surface area (Å²) in [6.45, 7) is 1.02. The molecular weight excluding hydrogens is 290 g/mol. The molecule has 1 heterocycles. The van der Waals surface area contributed by atoms with Crippen LogP contribution in [-0.4, -0.2) is 37.8 Å². The number of nitrogens with zero attached hydrogens (tertiary/aromatic N) is 1. The number of aromatic hydroxyl groups is 1. The van der Waals surface area contributed by atoms with Crippen molar-refractivity contribution in [3.63, 3.8) is 0 Å². The molecule has 1 aliphatic rings. The number of likely N-dealkylation sites (N-methyl/N-ethyl adjacent to an activating group) is 1. The van der Waals surface area contributed by atoms with E-state index in [9.17, 15) is 5.11 Å². The van der Waals surface area contributed by atoms with Crippen LogP contribution in [0, 0.1) is 0 Å². The molecule has 2 aromatic rings. The lowest BCUT2D eigenvalue weighted by molar-refractivity contribution is 0.229. The second kappa shape index (κ2) is 6.50. The number of phenols is 1. The number of benzene rings is 2. The van der Waals surface area contributed by atoms with Crippen molar-refractivity contribution >= 4 is 0 Å². The topological polar surface area (TPSA) is 41.9 Å². The smallest absolute Gasteiger partial charge is 0.160 e. The highest BCUT2D eigenvalue weighted by molar-refractivity contribution is 5.44. The minimum absolute atomic E-state index is 0.193. The Morgan fingerprint density at radius 2 is 1.96 bits per heavy atom. The molecule has 0 saturated heterocycles. The molecule has 0 saturated carbocycles. The van der Waals surface area contributed by atoms with E-state index >= 15 is 0 Å². The maximum Gasteiger partial charge on any atom is 0.160 e. The van der Waals surface area contributed by atoms with Gasteiger partial charge in [0, 0.05) is 12.6 Å². The van der Waals surface area contributed by atoms with Crippen molar-refractivity contribution in [2.24, 2.45) is 0 Å². The van der Waals surface area contributed by atoms with Crippen LogP contribution in [0.15, 0.2) is 36.4 Å². The highest BCUT2D eigenvalue weighted by Gasteiger charge is 2.25. The van der Waals surface area contributed by atoms with Crippen LogP contribution in [0.2, 0.25) is 0 Å². The highest BCUT2D eigenvalue weighted by Crippen LogP contribution is 2.35. The number of methoxy groups -OCH3 is 2. The first kappa shape index (κ1) is 15.7. The molecule has 0 bridgehead atoms. The molecule has 122 valence electrons. The van der Waals surface area contributed by atoms with Crippen molar-refractivity contribution in [1.82, 2.24) is 4.90 Å². The van der Waals surface area contributed by atoms with Gasteiger partial charge < -0.3 is 14.6 Å². The molecule has 4 heteroatoms. The molecular formula is C19H23NO3. The van der Waals surface area contributed by atoms with Gasteiger partial charge in [0.1, 0.15) is 5.75 Å². The summed E-state index contributed by atoms with van der Waals surface area (Å²) in [6.07, 6.45) is 1.89. The molecule has 4 nitrogen and oxygen atoms in total. The number of phenolic OH excluding ortho intramolecular Hbond substituents is 1. The van der Waals surface area contributed by atoms with E-state index in [-0.39, 0.29) is 5.75 Å². The van der Waals surface area contributed by atoms with Crippen LogP contribution in [0.25, 0.3) is 0 Å². The number of hydrogen-bond acceptors (Lipinski definition) is 4. The lowest BCUT2D eigenvalue weighted by Gasteiger charge is -2.35. The maximum absolute atomic E-state index is 10.00. The first-order valence-electron chi connectivity index (χ1n) is 7.85. The fourth-order valence-electron chi connectivity index (χ4n) is 3.29. The normalized spacial score (nSPS) is 17.6. The Morgan fingerprint density at radius 3 is 2.65 bits per heavy atom. The van der Waals surface area contributed by atoms with Crippen LogP contribution in [0.1, 0.15) is 22.7 Å². The van der Waals surface area contributed by atoms with Gasteiger partial charge in [-0.3, -0.25) is 4.90 Å². The summed E-state index contributed by atoms with van der Waals surface area (Å²) < 4.78 is 10.5. The third kappa shape index (κ3) is 3.13. The van der Waals surface area contributed by atoms with E-state index in [1.807, 2.05) is 18.2 Å². The van der Waals surface area contributed by atoms with Gasteiger partial charge in [-0.1, -0.05) is 12.1 Å². The van der Waals surface area contributed by atoms with Crippen LogP contribution in [0.4, 0.5) is 0 Å². The zero-order valence-corrected chi connectivity index (χ0v) is 13.9. The molecule has 0 aromatic heterocycles. The number of rotatable bonds is 4. The summed E-state index contributed by atoms with van der Waals surface area (Å²) in [5, 5.41) is 10.00. The Kier molecular flexibility index (Phi) is 4.44. The summed E-state index contributed by atoms with van der Waals surface area (Å²) in [5.41, 5.74) is 3.80. The van der Waals surface area contributed by atoms with Crippen molar-refractivity contribution in [3.05, 3.63) is 53.1 Å². The lowest BCUT2D eigenvalue weighted by Crippen LogP contribution is -2.33. The van der Waals surface area contributed by atoms with Crippen LogP contribution < -0.4 is 9.47 Å². The molecule has 0 radical (unpaired) electrons. The van der Waals surface area contributed by atoms with E-state index in [2.05, 4.69) is 24.1 Å². The van der Waals surface area contributed by atoms with Crippen LogP contribution in [0.5, 0.6) is 17.2 Å². The Morgan fingerprint density at radius 1 is 1.13 bits per heavy atom. The largest absolute Gasteiger partial charge is 0.504 e. The van der Waals surface area contributed by atoms with Gasteiger partial charge >= 0.3 is 0 Å². The van der Waals surface area contributed by atoms with Crippen molar-refractivity contribution < 1.29 is 14.6 Å². The average Bonchev–Trinajstić information content (AvgIpc) is 2.57. The Bertz CT molecular complexity index is 699. The summed E-state index contributed by atoms with van der Waals surface area (Å²) in [4.78, 5) is 2.37. The molecule has 0 amide bonds. The number of fused-ring (bicyclic) bond motifs is 1. The van der Waals surface area contributed by atoms with Gasteiger partial charge in [-0.2, -0.15) is 0 Å². The summed E-state index contributed by atoms with van der Waals surface area (Å²) >= 11 is 0. The van der Waals surface area contributed by atoms with Crippen molar-refractivity contribution in [3.8, 4) is 17.2 Å². The van der Waals surface area contributed by atoms with Crippen LogP contribution in [-0.2, 0) is 12.8 Å². The molecule has 1 atom stereocenters. The van der Waals surface area contributed by atoms with Gasteiger partial charge in [0.15, 0.2) is 11.5 Å². The molecule has 2 aromatic carbocycles. The monoisotopic (exact) mass is 313 g/mol. The first-order chi connectivity index (χ1) is 11.1. The molecule has 1 aliphatic heterocycles. The van der Waals surface area contributed by atoms with E-state index in [4.69, 9.17) is 9.47 Å². The molecule has 1 unspecified atom stereocenters. The van der Waals surface area contributed by atoms with Crippen molar-refractivity contribution in [1.29, 1.82) is 0 Å². The van der Waals surface area contributed by atoms with Gasteiger partial charge in [-0.25, -0.2) is 0 Å². The van der Waals surface area contributed by atoms with Gasteiger partial charge in [0.25, 0.3) is 0 Å². The lowest BCUT2D eigenvalue weighted by atomic mass is 9.89. The van der Waals surface area contributed by atoms with Gasteiger partial charge in [0.2, 0.25) is 0 Å². The standard InChI is InChI=1S/C19H23NO3/c1-20-9-8-14-12-15(22-2)5-6-16(14)17(20)10-13-4-7-19(23-3)18(21)11-13/h4-7,11-12,17,21H,8-10H2,1-3H3. The van der Waals surface area contributed by atoms with Gasteiger partial charge in [-0.15, -0.1) is 0 Å². The van der Waals surface area contributed by atoms with Gasteiger partial charge in [0.05, 0.1) is 14.2 Å². The third-order valence-corrected chi connectivity index (χ3v) is 4.65. The van der Waals surface area contributed by atoms with Crippen molar-refractivity contribution in [2.75, 3.05) is 27.8 Å². The summed E-state index contributed by atoms with van der Waals surface area (Å²) in [6, 6.07) is 12.3. The van der Waals surface area contributed by atoms with Crippen LogP contribution >= 0.6 is 0 Å². The van der Waals surface area contributed by atoms with Crippen LogP contribution in [0.3, 0.4) is 0 Å². The summed E-state index contributed by atoms with van der Waals surface area (Å²) in [7, 11) is 5.42. The Labute approximate surface area is 137 Å². The molecule has 23 heavy (non-hydrogen) atoms. The number of hydrogen-bond donors (Lipinski definition) is 1. The van der Waals surface area contributed by atoms with E-state index < -0.39 is 0 Å². The predicted octanol–water partition coefficient (Wildman–Crippen LogP) is 3.18. The fourth-order valence-corrected chi connectivity index (χ4v) is 3.29. The van der Waals surface area contributed by atoms with E-state index in [0.717, 1.165) is 30.7 Å². The van der Waals surface area contributed by atoms with E-state index in [0.29, 0.717) is 11.8 Å². The summed E-state index contributed by atoms with van der Waals surface area (Å²) in [5.74, 6) is 1.61. The zero-order chi connectivity index (χ0) is 16.4. The molecule has 3 rings (SSSR count). The minimum atomic E-state index is 0.193. The third-order valence-electron chi connectivity index (χ3n) is 4.65. The molecule has 0 aliphatic carbocycles. The van der Waals surface area contributed by atoms with Crippen molar-refractivity contribution in [2.45, 2.75) is 18.9 Å². The Hall–Kier alpha value is -2.20. The maximum atomic E-state index is 10.00. The molecule has 1 N–H and O–H groups in total. The van der Waals surface area contributed by atoms with E-state index in [1.165, 1.54) is 11.1 Å². The molecule has 0 fully saturated rings.